The lowest BCUT2D eigenvalue weighted by atomic mass is 9.90. The Morgan fingerprint density at radius 3 is 2.58 bits per heavy atom. The molecule has 0 saturated carbocycles. The third kappa shape index (κ3) is 4.05. The van der Waals surface area contributed by atoms with Crippen molar-refractivity contribution in [3.63, 3.8) is 0 Å². The minimum Gasteiger partial charge on any atom is -0.378 e. The molecule has 0 N–H and O–H groups in total. The van der Waals surface area contributed by atoms with E-state index in [4.69, 9.17) is 9.72 Å². The van der Waals surface area contributed by atoms with Crippen molar-refractivity contribution in [3.05, 3.63) is 59.0 Å². The summed E-state index contributed by atoms with van der Waals surface area (Å²) in [4.78, 5) is 27.1. The Morgan fingerprint density at radius 1 is 1.06 bits per heavy atom. The molecule has 0 bridgehead atoms. The molecule has 1 aliphatic heterocycles. The molecular weight excluding hydrogens is 416 g/mol. The van der Waals surface area contributed by atoms with E-state index >= 15 is 0 Å². The van der Waals surface area contributed by atoms with E-state index in [1.54, 1.807) is 18.0 Å². The summed E-state index contributed by atoms with van der Waals surface area (Å²) in [5.41, 5.74) is 5.75. The summed E-state index contributed by atoms with van der Waals surface area (Å²) in [6.07, 6.45) is 5.43. The lowest BCUT2D eigenvalue weighted by Crippen LogP contribution is -2.50. The number of piperazine rings is 1. The van der Waals surface area contributed by atoms with Gasteiger partial charge in [-0.2, -0.15) is 9.78 Å². The van der Waals surface area contributed by atoms with E-state index in [-0.39, 0.29) is 12.5 Å². The highest BCUT2D eigenvalue weighted by molar-refractivity contribution is 5.95. The van der Waals surface area contributed by atoms with Gasteiger partial charge >= 0.3 is 0 Å². The molecule has 1 fully saturated rings. The fourth-order valence-corrected chi connectivity index (χ4v) is 4.77. The van der Waals surface area contributed by atoms with Crippen molar-refractivity contribution in [2.75, 3.05) is 33.3 Å². The normalized spacial score (nSPS) is 16.1. The zero-order valence-electron chi connectivity index (χ0n) is 19.5. The van der Waals surface area contributed by atoms with Crippen molar-refractivity contribution in [3.8, 4) is 17.2 Å². The number of methoxy groups -OCH3 is 1. The number of carbonyl (C=O) groups is 1. The number of nitrogens with zero attached hydrogens (tertiary/aromatic N) is 6. The van der Waals surface area contributed by atoms with Gasteiger partial charge in [-0.25, -0.2) is 9.97 Å². The maximum Gasteiger partial charge on any atom is 0.257 e. The maximum atomic E-state index is 13.4. The largest absolute Gasteiger partial charge is 0.378 e. The Balaban J connectivity index is 1.47. The highest BCUT2D eigenvalue weighted by Crippen LogP contribution is 2.32. The summed E-state index contributed by atoms with van der Waals surface area (Å²) in [7, 11) is 1.62. The van der Waals surface area contributed by atoms with E-state index in [2.05, 4.69) is 47.0 Å². The minimum absolute atomic E-state index is 0.0139. The van der Waals surface area contributed by atoms with E-state index in [0.717, 1.165) is 42.8 Å². The fraction of sp³-hybridized carbons (Fsp3) is 0.440. The maximum absolute atomic E-state index is 13.4. The Labute approximate surface area is 194 Å². The van der Waals surface area contributed by atoms with Crippen molar-refractivity contribution in [1.29, 1.82) is 0 Å². The number of hydrogen-bond acceptors (Lipinski definition) is 6. The standard InChI is InChI=1S/C25H30N6O2/c1-17(2)29-10-12-30(13-11-29)24(32)21-15-27-31(22(21)16-33-3)25-26-14-19-9-8-18-6-4-5-7-20(18)23(19)28-25/h4-7,14-15,17H,8-13,16H2,1-3H3. The van der Waals surface area contributed by atoms with Crippen LogP contribution in [0.5, 0.6) is 0 Å². The molecule has 8 nitrogen and oxygen atoms in total. The first-order valence-corrected chi connectivity index (χ1v) is 11.6. The van der Waals surface area contributed by atoms with Crippen molar-refractivity contribution in [2.45, 2.75) is 39.3 Å². The van der Waals surface area contributed by atoms with E-state index in [9.17, 15) is 4.79 Å². The van der Waals surface area contributed by atoms with E-state index < -0.39 is 0 Å². The first kappa shape index (κ1) is 21.7. The lowest BCUT2D eigenvalue weighted by molar-refractivity contribution is 0.0591. The predicted molar refractivity (Wildman–Crippen MR) is 125 cm³/mol. The quantitative estimate of drug-likeness (QED) is 0.600. The average molecular weight is 447 g/mol. The van der Waals surface area contributed by atoms with Crippen LogP contribution in [0.4, 0.5) is 0 Å². The second-order valence-corrected chi connectivity index (χ2v) is 8.97. The number of amides is 1. The molecule has 1 aromatic carbocycles. The molecule has 8 heteroatoms. The molecule has 1 amide bonds. The molecule has 1 saturated heterocycles. The number of aryl methyl sites for hydroxylation is 2. The zero-order chi connectivity index (χ0) is 22.9. The third-order valence-electron chi connectivity index (χ3n) is 6.69. The Hall–Kier alpha value is -3.10. The van der Waals surface area contributed by atoms with Gasteiger partial charge in [-0.1, -0.05) is 24.3 Å². The van der Waals surface area contributed by atoms with Crippen LogP contribution in [0.25, 0.3) is 17.2 Å². The van der Waals surface area contributed by atoms with E-state index in [1.807, 2.05) is 17.2 Å². The van der Waals surface area contributed by atoms with E-state index in [0.29, 0.717) is 36.3 Å². The molecule has 3 heterocycles. The number of carbonyl (C=O) groups excluding carboxylic acids is 1. The highest BCUT2D eigenvalue weighted by Gasteiger charge is 2.28. The van der Waals surface area contributed by atoms with Gasteiger partial charge in [0.25, 0.3) is 11.9 Å². The fourth-order valence-electron chi connectivity index (χ4n) is 4.77. The van der Waals surface area contributed by atoms with Crippen LogP contribution in [0, 0.1) is 0 Å². The summed E-state index contributed by atoms with van der Waals surface area (Å²) in [5, 5.41) is 4.52. The number of benzene rings is 1. The summed E-state index contributed by atoms with van der Waals surface area (Å²) >= 11 is 0. The minimum atomic E-state index is -0.0139. The molecule has 0 radical (unpaired) electrons. The van der Waals surface area contributed by atoms with Gasteiger partial charge in [-0.3, -0.25) is 9.69 Å². The van der Waals surface area contributed by atoms with Gasteiger partial charge in [0.05, 0.1) is 29.8 Å². The molecule has 172 valence electrons. The highest BCUT2D eigenvalue weighted by atomic mass is 16.5. The molecule has 2 aromatic heterocycles. The van der Waals surface area contributed by atoms with Crippen LogP contribution in [0.3, 0.4) is 0 Å². The zero-order valence-corrected chi connectivity index (χ0v) is 19.5. The summed E-state index contributed by atoms with van der Waals surface area (Å²) in [6, 6.07) is 8.85. The molecule has 0 atom stereocenters. The second kappa shape index (κ2) is 9.03. The second-order valence-electron chi connectivity index (χ2n) is 8.97. The first-order valence-electron chi connectivity index (χ1n) is 11.6. The first-order chi connectivity index (χ1) is 16.1. The van der Waals surface area contributed by atoms with Crippen LogP contribution >= 0.6 is 0 Å². The third-order valence-corrected chi connectivity index (χ3v) is 6.69. The topological polar surface area (TPSA) is 76.4 Å². The molecule has 5 rings (SSSR count). The van der Waals surface area contributed by atoms with Crippen molar-refractivity contribution in [1.82, 2.24) is 29.5 Å². The molecule has 0 spiro atoms. The number of hydrogen-bond donors (Lipinski definition) is 0. The molecule has 33 heavy (non-hydrogen) atoms. The van der Waals surface area contributed by atoms with Gasteiger partial charge in [0.2, 0.25) is 0 Å². The van der Waals surface area contributed by atoms with Crippen LogP contribution < -0.4 is 0 Å². The van der Waals surface area contributed by atoms with Crippen LogP contribution in [0.1, 0.15) is 41.0 Å². The SMILES string of the molecule is COCc1c(C(=O)N2CCN(C(C)C)CC2)cnn1-c1ncc2c(n1)-c1ccccc1CC2. The summed E-state index contributed by atoms with van der Waals surface area (Å²) < 4.78 is 7.10. The van der Waals surface area contributed by atoms with Crippen molar-refractivity contribution < 1.29 is 9.53 Å². The smallest absolute Gasteiger partial charge is 0.257 e. The van der Waals surface area contributed by atoms with Crippen LogP contribution in [-0.2, 0) is 24.2 Å². The van der Waals surface area contributed by atoms with E-state index in [1.165, 1.54) is 5.56 Å². The van der Waals surface area contributed by atoms with Gasteiger partial charge in [0.1, 0.15) is 0 Å². The number of rotatable bonds is 5. The number of fused-ring (bicyclic) bond motifs is 3. The number of ether oxygens (including phenoxy) is 1. The predicted octanol–water partition coefficient (Wildman–Crippen LogP) is 2.74. The van der Waals surface area contributed by atoms with Gasteiger partial charge in [-0.15, -0.1) is 0 Å². The monoisotopic (exact) mass is 446 g/mol. The lowest BCUT2D eigenvalue weighted by Gasteiger charge is -2.36. The summed E-state index contributed by atoms with van der Waals surface area (Å²) in [5.74, 6) is 0.446. The van der Waals surface area contributed by atoms with Crippen molar-refractivity contribution in [2.24, 2.45) is 0 Å². The van der Waals surface area contributed by atoms with Crippen LogP contribution in [0.2, 0.25) is 0 Å². The molecule has 3 aromatic rings. The Morgan fingerprint density at radius 2 is 1.82 bits per heavy atom. The molecular formula is C25H30N6O2. The van der Waals surface area contributed by atoms with Crippen LogP contribution in [0.15, 0.2) is 36.7 Å². The van der Waals surface area contributed by atoms with Gasteiger partial charge < -0.3 is 9.64 Å². The molecule has 2 aliphatic rings. The average Bonchev–Trinajstić information content (AvgIpc) is 3.27. The molecule has 1 aliphatic carbocycles. The Bertz CT molecular complexity index is 1160. The van der Waals surface area contributed by atoms with Gasteiger partial charge in [0.15, 0.2) is 0 Å². The van der Waals surface area contributed by atoms with Gasteiger partial charge in [-0.05, 0) is 37.8 Å². The van der Waals surface area contributed by atoms with Crippen LogP contribution in [-0.4, -0.2) is 74.8 Å². The number of aromatic nitrogens is 4. The van der Waals surface area contributed by atoms with Crippen molar-refractivity contribution >= 4 is 5.91 Å². The summed E-state index contributed by atoms with van der Waals surface area (Å²) in [6.45, 7) is 7.81. The Kier molecular flexibility index (Phi) is 5.95. The van der Waals surface area contributed by atoms with Gasteiger partial charge in [0, 0.05) is 51.1 Å². The molecule has 0 unspecified atom stereocenters.